The Hall–Kier alpha value is -0.230. The Morgan fingerprint density at radius 3 is 2.28 bits per heavy atom. The van der Waals surface area contributed by atoms with Gasteiger partial charge in [-0.1, -0.05) is 6.42 Å². The molecular formula is C11H26Cl2N4O. The summed E-state index contributed by atoms with van der Waals surface area (Å²) in [4.78, 5) is 15.8. The number of unbranched alkanes of at least 4 members (excludes halogenated alkanes) is 2. The molecule has 0 unspecified atom stereocenters. The standard InChI is InChI=1S/C11H24N4O.2ClH/c1-14-7-9-15(10-8-14)11(16)13-6-4-2-3-5-12;;/h2-10,12H2,1H3,(H,13,16);2*1H. The molecule has 0 aromatic heterocycles. The highest BCUT2D eigenvalue weighted by atomic mass is 35.5. The van der Waals surface area contributed by atoms with Crippen molar-refractivity contribution in [1.29, 1.82) is 0 Å². The summed E-state index contributed by atoms with van der Waals surface area (Å²) in [5, 5.41) is 2.95. The maximum Gasteiger partial charge on any atom is 0.317 e. The number of piperazine rings is 1. The zero-order valence-electron chi connectivity index (χ0n) is 11.1. The quantitative estimate of drug-likeness (QED) is 0.742. The highest BCUT2D eigenvalue weighted by Gasteiger charge is 2.17. The Kier molecular flexibility index (Phi) is 13.2. The number of urea groups is 1. The molecule has 3 N–H and O–H groups in total. The molecular weight excluding hydrogens is 275 g/mol. The Morgan fingerprint density at radius 2 is 1.72 bits per heavy atom. The molecule has 1 saturated heterocycles. The van der Waals surface area contributed by atoms with Crippen molar-refractivity contribution >= 4 is 30.8 Å². The van der Waals surface area contributed by atoms with Gasteiger partial charge in [-0.25, -0.2) is 4.79 Å². The fourth-order valence-corrected chi connectivity index (χ4v) is 1.76. The van der Waals surface area contributed by atoms with Crippen LogP contribution in [0.1, 0.15) is 19.3 Å². The van der Waals surface area contributed by atoms with E-state index in [9.17, 15) is 4.79 Å². The number of nitrogens with one attached hydrogen (secondary N) is 1. The summed E-state index contributed by atoms with van der Waals surface area (Å²) in [6, 6.07) is 0.0841. The van der Waals surface area contributed by atoms with E-state index in [1.54, 1.807) is 0 Å². The summed E-state index contributed by atoms with van der Waals surface area (Å²) in [7, 11) is 2.09. The van der Waals surface area contributed by atoms with Gasteiger partial charge in [-0.3, -0.25) is 0 Å². The van der Waals surface area contributed by atoms with Crippen LogP contribution in [-0.4, -0.2) is 62.1 Å². The molecule has 1 rings (SSSR count). The molecule has 5 nitrogen and oxygen atoms in total. The van der Waals surface area contributed by atoms with Crippen LogP contribution in [0.4, 0.5) is 4.79 Å². The molecule has 0 aromatic rings. The van der Waals surface area contributed by atoms with Crippen molar-refractivity contribution in [3.63, 3.8) is 0 Å². The second-order valence-corrected chi connectivity index (χ2v) is 4.37. The van der Waals surface area contributed by atoms with E-state index >= 15 is 0 Å². The molecule has 110 valence electrons. The second kappa shape index (κ2) is 11.8. The van der Waals surface area contributed by atoms with Crippen molar-refractivity contribution in [2.45, 2.75) is 19.3 Å². The molecule has 0 atom stereocenters. The molecule has 0 saturated carbocycles. The lowest BCUT2D eigenvalue weighted by molar-refractivity contribution is 0.154. The van der Waals surface area contributed by atoms with Crippen molar-refractivity contribution in [3.8, 4) is 0 Å². The highest BCUT2D eigenvalue weighted by molar-refractivity contribution is 5.85. The van der Waals surface area contributed by atoms with Crippen LogP contribution in [0.5, 0.6) is 0 Å². The lowest BCUT2D eigenvalue weighted by Gasteiger charge is -2.32. The molecule has 7 heteroatoms. The highest BCUT2D eigenvalue weighted by Crippen LogP contribution is 1.99. The number of nitrogens with two attached hydrogens (primary N) is 1. The van der Waals surface area contributed by atoms with Gasteiger partial charge in [-0.2, -0.15) is 0 Å². The fraction of sp³-hybridized carbons (Fsp3) is 0.909. The topological polar surface area (TPSA) is 61.6 Å². The molecule has 2 amide bonds. The lowest BCUT2D eigenvalue weighted by Crippen LogP contribution is -2.50. The van der Waals surface area contributed by atoms with Crippen LogP contribution < -0.4 is 11.1 Å². The van der Waals surface area contributed by atoms with E-state index in [0.29, 0.717) is 0 Å². The summed E-state index contributed by atoms with van der Waals surface area (Å²) >= 11 is 0. The van der Waals surface area contributed by atoms with Crippen LogP contribution in [0.15, 0.2) is 0 Å². The number of halogens is 2. The third-order valence-corrected chi connectivity index (χ3v) is 2.95. The number of amides is 2. The van der Waals surface area contributed by atoms with E-state index in [1.807, 2.05) is 4.90 Å². The Bertz CT molecular complexity index is 211. The van der Waals surface area contributed by atoms with Crippen molar-refractivity contribution < 1.29 is 4.79 Å². The number of hydrogen-bond acceptors (Lipinski definition) is 3. The monoisotopic (exact) mass is 300 g/mol. The first-order valence-electron chi connectivity index (χ1n) is 6.15. The lowest BCUT2D eigenvalue weighted by atomic mass is 10.2. The fourth-order valence-electron chi connectivity index (χ4n) is 1.76. The second-order valence-electron chi connectivity index (χ2n) is 4.37. The third-order valence-electron chi connectivity index (χ3n) is 2.95. The Balaban J connectivity index is 0. The first-order valence-corrected chi connectivity index (χ1v) is 6.15. The smallest absolute Gasteiger partial charge is 0.317 e. The van der Waals surface area contributed by atoms with Crippen molar-refractivity contribution in [3.05, 3.63) is 0 Å². The largest absolute Gasteiger partial charge is 0.338 e. The van der Waals surface area contributed by atoms with Crippen LogP contribution in [0.2, 0.25) is 0 Å². The van der Waals surface area contributed by atoms with E-state index in [1.165, 1.54) is 0 Å². The minimum Gasteiger partial charge on any atom is -0.338 e. The van der Waals surface area contributed by atoms with Gasteiger partial charge in [0.2, 0.25) is 0 Å². The van der Waals surface area contributed by atoms with Gasteiger partial charge < -0.3 is 20.9 Å². The average Bonchev–Trinajstić information content (AvgIpc) is 2.29. The molecule has 0 spiro atoms. The van der Waals surface area contributed by atoms with Gasteiger partial charge >= 0.3 is 6.03 Å². The predicted molar refractivity (Wildman–Crippen MR) is 79.9 cm³/mol. The minimum absolute atomic E-state index is 0. The minimum atomic E-state index is 0. The number of likely N-dealkylation sites (N-methyl/N-ethyl adjacent to an activating group) is 1. The van der Waals surface area contributed by atoms with Gasteiger partial charge in [0.05, 0.1) is 0 Å². The first-order chi connectivity index (χ1) is 7.74. The van der Waals surface area contributed by atoms with Crippen molar-refractivity contribution in [2.75, 3.05) is 46.3 Å². The van der Waals surface area contributed by atoms with E-state index in [2.05, 4.69) is 17.3 Å². The van der Waals surface area contributed by atoms with Crippen LogP contribution in [0.3, 0.4) is 0 Å². The molecule has 1 heterocycles. The van der Waals surface area contributed by atoms with Gasteiger partial charge in [-0.05, 0) is 26.4 Å². The first kappa shape index (κ1) is 20.1. The summed E-state index contributed by atoms with van der Waals surface area (Å²) < 4.78 is 0. The molecule has 0 aromatic carbocycles. The van der Waals surface area contributed by atoms with Crippen LogP contribution in [0, 0.1) is 0 Å². The zero-order valence-corrected chi connectivity index (χ0v) is 12.7. The van der Waals surface area contributed by atoms with Crippen LogP contribution in [0.25, 0.3) is 0 Å². The molecule has 1 aliphatic heterocycles. The number of carbonyl (C=O) groups is 1. The summed E-state index contributed by atoms with van der Waals surface area (Å²) in [5.74, 6) is 0. The summed E-state index contributed by atoms with van der Waals surface area (Å²) in [5.41, 5.74) is 5.40. The van der Waals surface area contributed by atoms with Crippen LogP contribution >= 0.6 is 24.8 Å². The van der Waals surface area contributed by atoms with Gasteiger partial charge in [0.1, 0.15) is 0 Å². The predicted octanol–water partition coefficient (Wildman–Crippen LogP) is 0.916. The normalized spacial score (nSPS) is 15.6. The number of hydrogen-bond donors (Lipinski definition) is 2. The average molecular weight is 301 g/mol. The van der Waals surface area contributed by atoms with Crippen LogP contribution in [-0.2, 0) is 0 Å². The van der Waals surface area contributed by atoms with Gasteiger partial charge in [0.25, 0.3) is 0 Å². The SMILES string of the molecule is CN1CCN(C(=O)NCCCCCN)CC1.Cl.Cl. The van der Waals surface area contributed by atoms with Crippen molar-refractivity contribution in [1.82, 2.24) is 15.1 Å². The Morgan fingerprint density at radius 1 is 1.11 bits per heavy atom. The maximum atomic E-state index is 11.7. The van der Waals surface area contributed by atoms with Gasteiger partial charge in [0.15, 0.2) is 0 Å². The summed E-state index contributed by atoms with van der Waals surface area (Å²) in [6.45, 7) is 5.13. The number of rotatable bonds is 5. The molecule has 0 radical (unpaired) electrons. The molecule has 1 aliphatic rings. The van der Waals surface area contributed by atoms with E-state index < -0.39 is 0 Å². The van der Waals surface area contributed by atoms with E-state index in [0.717, 1.165) is 58.5 Å². The van der Waals surface area contributed by atoms with Gasteiger partial charge in [0, 0.05) is 32.7 Å². The third kappa shape index (κ3) is 7.97. The molecule has 0 bridgehead atoms. The Labute approximate surface area is 122 Å². The number of carbonyl (C=O) groups excluding carboxylic acids is 1. The molecule has 0 aliphatic carbocycles. The van der Waals surface area contributed by atoms with Crippen molar-refractivity contribution in [2.24, 2.45) is 5.73 Å². The van der Waals surface area contributed by atoms with E-state index in [-0.39, 0.29) is 30.8 Å². The van der Waals surface area contributed by atoms with Gasteiger partial charge in [-0.15, -0.1) is 24.8 Å². The molecule has 18 heavy (non-hydrogen) atoms. The molecule has 1 fully saturated rings. The van der Waals surface area contributed by atoms with E-state index in [4.69, 9.17) is 5.73 Å². The maximum absolute atomic E-state index is 11.7. The summed E-state index contributed by atoms with van der Waals surface area (Å²) in [6.07, 6.45) is 3.17. The zero-order chi connectivity index (χ0) is 11.8. The number of nitrogens with zero attached hydrogens (tertiary/aromatic N) is 2.